The first kappa shape index (κ1) is 43.8. The monoisotopic (exact) mass is 956 g/mol. The molecule has 0 saturated heterocycles. The summed E-state index contributed by atoms with van der Waals surface area (Å²) in [4.78, 5) is 2.33. The second-order valence-electron chi connectivity index (χ2n) is 19.2. The number of para-hydroxylation sites is 4. The molecule has 0 saturated carbocycles. The highest BCUT2D eigenvalue weighted by molar-refractivity contribution is 6.13. The highest BCUT2D eigenvalue weighted by atomic mass is 16.3. The molecule has 2 aromatic heterocycles. The van der Waals surface area contributed by atoms with E-state index in [4.69, 9.17) is 4.42 Å². The van der Waals surface area contributed by atoms with Gasteiger partial charge in [-0.05, 0) is 122 Å². The predicted octanol–water partition coefficient (Wildman–Crippen LogP) is 20.2. The van der Waals surface area contributed by atoms with Crippen molar-refractivity contribution in [2.45, 2.75) is 0 Å². The number of nitrogens with zero attached hydrogens (tertiary/aromatic N) is 2. The van der Waals surface area contributed by atoms with Crippen LogP contribution in [0.15, 0.2) is 296 Å². The van der Waals surface area contributed by atoms with Crippen LogP contribution in [0.4, 0.5) is 17.1 Å². The van der Waals surface area contributed by atoms with Crippen LogP contribution in [-0.4, -0.2) is 4.57 Å². The Morgan fingerprint density at radius 1 is 0.240 bits per heavy atom. The third kappa shape index (κ3) is 7.95. The lowest BCUT2D eigenvalue weighted by Crippen LogP contribution is -2.09. The second kappa shape index (κ2) is 18.6. The van der Waals surface area contributed by atoms with Gasteiger partial charge in [0.1, 0.15) is 11.2 Å². The third-order valence-electron chi connectivity index (χ3n) is 14.9. The zero-order valence-corrected chi connectivity index (χ0v) is 41.0. The third-order valence-corrected chi connectivity index (χ3v) is 14.9. The zero-order chi connectivity index (χ0) is 49.7. The van der Waals surface area contributed by atoms with Crippen molar-refractivity contribution in [2.24, 2.45) is 0 Å². The van der Waals surface area contributed by atoms with Crippen LogP contribution in [0.1, 0.15) is 0 Å². The highest BCUT2D eigenvalue weighted by Crippen LogP contribution is 2.43. The second-order valence-corrected chi connectivity index (χ2v) is 19.2. The number of benzene rings is 12. The van der Waals surface area contributed by atoms with E-state index in [2.05, 4.69) is 301 Å². The van der Waals surface area contributed by atoms with Crippen LogP contribution in [-0.2, 0) is 0 Å². The Bertz CT molecular complexity index is 4250. The Morgan fingerprint density at radius 3 is 1.07 bits per heavy atom. The number of aromatic nitrogens is 1. The summed E-state index contributed by atoms with van der Waals surface area (Å²) in [6, 6.07) is 105. The lowest BCUT2D eigenvalue weighted by Gasteiger charge is -2.26. The highest BCUT2D eigenvalue weighted by Gasteiger charge is 2.18. The number of anilines is 3. The van der Waals surface area contributed by atoms with E-state index in [1.54, 1.807) is 0 Å². The van der Waals surface area contributed by atoms with Gasteiger partial charge in [0.15, 0.2) is 0 Å². The van der Waals surface area contributed by atoms with Crippen LogP contribution in [0.5, 0.6) is 0 Å². The SMILES string of the molecule is c1ccc(-c2ccc(N(c3ccc(-c4ccccc4)cc3)c3ccc(-c4ccc(-c5cccc6c5oc5c(-c7ccc(-c8ccc9c(c8)c8ccccc8n9-c8ccccc8)cc7)cccc56)cc4)cc3)cc2)cc1. The number of furan rings is 1. The minimum absolute atomic E-state index is 0.894. The van der Waals surface area contributed by atoms with Crippen molar-refractivity contribution in [3.63, 3.8) is 0 Å². The van der Waals surface area contributed by atoms with Gasteiger partial charge in [0.2, 0.25) is 0 Å². The van der Waals surface area contributed by atoms with Gasteiger partial charge in [-0.1, -0.05) is 224 Å². The van der Waals surface area contributed by atoms with E-state index in [0.29, 0.717) is 0 Å². The van der Waals surface area contributed by atoms with E-state index in [9.17, 15) is 0 Å². The molecular weight excluding hydrogens is 909 g/mol. The minimum atomic E-state index is 0.894. The normalized spacial score (nSPS) is 11.5. The molecule has 3 heteroatoms. The Hall–Kier alpha value is -9.96. The number of hydrogen-bond acceptors (Lipinski definition) is 2. The van der Waals surface area contributed by atoms with Gasteiger partial charge in [0.05, 0.1) is 11.0 Å². The summed E-state index contributed by atoms with van der Waals surface area (Å²) in [5, 5.41) is 4.71. The van der Waals surface area contributed by atoms with E-state index in [1.165, 1.54) is 55.2 Å². The van der Waals surface area contributed by atoms with Crippen LogP contribution in [0.25, 0.3) is 116 Å². The Labute approximate surface area is 436 Å². The molecule has 0 bridgehead atoms. The summed E-state index contributed by atoms with van der Waals surface area (Å²) in [5.74, 6) is 0. The number of hydrogen-bond donors (Lipinski definition) is 0. The van der Waals surface area contributed by atoms with Crippen LogP contribution < -0.4 is 4.90 Å². The maximum atomic E-state index is 6.94. The minimum Gasteiger partial charge on any atom is -0.455 e. The van der Waals surface area contributed by atoms with Crippen molar-refractivity contribution in [1.29, 1.82) is 0 Å². The molecule has 0 radical (unpaired) electrons. The summed E-state index contributed by atoms with van der Waals surface area (Å²) in [5.41, 5.74) is 22.5. The molecule has 0 amide bonds. The average molecular weight is 957 g/mol. The first-order valence-electron chi connectivity index (χ1n) is 25.6. The van der Waals surface area contributed by atoms with Crippen molar-refractivity contribution < 1.29 is 4.42 Å². The Morgan fingerprint density at radius 2 is 0.587 bits per heavy atom. The van der Waals surface area contributed by atoms with Crippen LogP contribution >= 0.6 is 0 Å². The molecule has 0 N–H and O–H groups in total. The van der Waals surface area contributed by atoms with Crippen LogP contribution in [0.3, 0.4) is 0 Å². The lowest BCUT2D eigenvalue weighted by molar-refractivity contribution is 0.671. The van der Waals surface area contributed by atoms with E-state index < -0.39 is 0 Å². The average Bonchev–Trinajstić information content (AvgIpc) is 4.05. The fourth-order valence-corrected chi connectivity index (χ4v) is 11.1. The first-order chi connectivity index (χ1) is 37.2. The summed E-state index contributed by atoms with van der Waals surface area (Å²) >= 11 is 0. The molecule has 0 fully saturated rings. The van der Waals surface area contributed by atoms with Gasteiger partial charge >= 0.3 is 0 Å². The quantitative estimate of drug-likeness (QED) is 0.136. The first-order valence-corrected chi connectivity index (χ1v) is 25.6. The molecule has 3 nitrogen and oxygen atoms in total. The van der Waals surface area contributed by atoms with E-state index in [0.717, 1.165) is 78.1 Å². The number of fused-ring (bicyclic) bond motifs is 6. The van der Waals surface area contributed by atoms with Crippen molar-refractivity contribution in [3.8, 4) is 72.4 Å². The molecular formula is C72H48N2O. The summed E-state index contributed by atoms with van der Waals surface area (Å²) in [6.45, 7) is 0. The van der Waals surface area contributed by atoms with E-state index >= 15 is 0 Å². The molecule has 2 heterocycles. The van der Waals surface area contributed by atoms with Gasteiger partial charge in [0, 0.05) is 55.4 Å². The molecule has 14 aromatic rings. The van der Waals surface area contributed by atoms with Gasteiger partial charge in [-0.2, -0.15) is 0 Å². The van der Waals surface area contributed by atoms with Gasteiger partial charge < -0.3 is 13.9 Å². The standard InChI is InChI=1S/C72H48N2O/c1-4-14-49(15-5-1)52-34-41-60(42-35-52)73(61-43-36-53(37-44-61)50-16-6-2-7-17-50)62-45-38-54(39-46-62)51-26-30-56(31-27-51)63-21-12-23-66-67-24-13-22-64(72(67)75-71(63)66)57-32-28-55(29-33-57)58-40-47-70-68(48-58)65-20-10-11-25-69(65)74(70)59-18-8-3-9-19-59/h1-48H. The molecule has 0 aliphatic carbocycles. The molecule has 0 atom stereocenters. The van der Waals surface area contributed by atoms with E-state index in [-0.39, 0.29) is 0 Å². The summed E-state index contributed by atoms with van der Waals surface area (Å²) < 4.78 is 9.30. The van der Waals surface area contributed by atoms with Gasteiger partial charge in [-0.15, -0.1) is 0 Å². The lowest BCUT2D eigenvalue weighted by atomic mass is 9.97. The molecule has 75 heavy (non-hydrogen) atoms. The van der Waals surface area contributed by atoms with Gasteiger partial charge in [-0.25, -0.2) is 0 Å². The molecule has 0 aliphatic rings. The largest absolute Gasteiger partial charge is 0.455 e. The Kier molecular flexibility index (Phi) is 10.8. The van der Waals surface area contributed by atoms with Crippen molar-refractivity contribution >= 4 is 60.8 Å². The smallest absolute Gasteiger partial charge is 0.143 e. The number of rotatable bonds is 10. The molecule has 14 rings (SSSR count). The van der Waals surface area contributed by atoms with Crippen molar-refractivity contribution in [3.05, 3.63) is 291 Å². The molecule has 0 spiro atoms. The zero-order valence-electron chi connectivity index (χ0n) is 41.0. The molecule has 12 aromatic carbocycles. The molecule has 0 aliphatic heterocycles. The Balaban J connectivity index is 0.747. The van der Waals surface area contributed by atoms with Crippen molar-refractivity contribution in [2.75, 3.05) is 4.90 Å². The summed E-state index contributed by atoms with van der Waals surface area (Å²) in [6.07, 6.45) is 0. The van der Waals surface area contributed by atoms with Gasteiger partial charge in [-0.3, -0.25) is 0 Å². The fraction of sp³-hybridized carbons (Fsp3) is 0. The molecule has 352 valence electrons. The van der Waals surface area contributed by atoms with Crippen LogP contribution in [0, 0.1) is 0 Å². The molecule has 0 unspecified atom stereocenters. The maximum Gasteiger partial charge on any atom is 0.143 e. The van der Waals surface area contributed by atoms with Crippen LogP contribution in [0.2, 0.25) is 0 Å². The maximum absolute atomic E-state index is 6.94. The topological polar surface area (TPSA) is 21.3 Å². The van der Waals surface area contributed by atoms with Crippen molar-refractivity contribution in [1.82, 2.24) is 4.57 Å². The van der Waals surface area contributed by atoms with Gasteiger partial charge in [0.25, 0.3) is 0 Å². The van der Waals surface area contributed by atoms with E-state index in [1.807, 2.05) is 0 Å². The fourth-order valence-electron chi connectivity index (χ4n) is 11.1. The summed E-state index contributed by atoms with van der Waals surface area (Å²) in [7, 11) is 0. The predicted molar refractivity (Wildman–Crippen MR) is 315 cm³/mol.